The number of aliphatic hydroxyl groups is 5. The van der Waals surface area contributed by atoms with Crippen molar-refractivity contribution in [3.8, 4) is 0 Å². The second kappa shape index (κ2) is 63.7. The molecule has 0 saturated carbocycles. The number of ether oxygens (including phenoxy) is 3. The number of allylic oxidation sites excluding steroid dienone is 11. The maximum absolute atomic E-state index is 13.0. The largest absolute Gasteiger partial charge is 0.466 e. The molecule has 86 heavy (non-hydrogen) atoms. The molecule has 0 aromatic rings. The molecule has 11 nitrogen and oxygen atoms in total. The van der Waals surface area contributed by atoms with E-state index in [2.05, 4.69) is 79.9 Å². The number of hydrogen-bond acceptors (Lipinski definition) is 10. The third-order valence-electron chi connectivity index (χ3n) is 16.8. The van der Waals surface area contributed by atoms with Gasteiger partial charge in [0.1, 0.15) is 24.4 Å². The topological polar surface area (TPSA) is 175 Å². The van der Waals surface area contributed by atoms with Gasteiger partial charge in [-0.15, -0.1) is 0 Å². The van der Waals surface area contributed by atoms with Gasteiger partial charge in [0, 0.05) is 12.8 Å². The predicted octanol–water partition coefficient (Wildman–Crippen LogP) is 18.7. The van der Waals surface area contributed by atoms with E-state index >= 15 is 0 Å². The lowest BCUT2D eigenvalue weighted by molar-refractivity contribution is -0.302. The van der Waals surface area contributed by atoms with Crippen molar-refractivity contribution < 1.29 is 49.3 Å². The molecule has 11 heteroatoms. The minimum Gasteiger partial charge on any atom is -0.466 e. The number of carbonyl (C=O) groups excluding carboxylic acids is 2. The Balaban J connectivity index is 1.94. The van der Waals surface area contributed by atoms with Crippen LogP contribution in [0.2, 0.25) is 0 Å². The number of rotatable bonds is 63. The summed E-state index contributed by atoms with van der Waals surface area (Å²) in [6.45, 7) is 4.27. The van der Waals surface area contributed by atoms with Gasteiger partial charge in [0.25, 0.3) is 0 Å². The Hall–Kier alpha value is -2.90. The zero-order valence-corrected chi connectivity index (χ0v) is 55.5. The maximum atomic E-state index is 13.0. The summed E-state index contributed by atoms with van der Waals surface area (Å²) in [6, 6.07) is -0.827. The minimum absolute atomic E-state index is 0.00845. The highest BCUT2D eigenvalue weighted by Gasteiger charge is 2.44. The van der Waals surface area contributed by atoms with Crippen LogP contribution in [0.5, 0.6) is 0 Å². The first kappa shape index (κ1) is 81.1. The molecule has 1 rings (SSSR count). The molecule has 7 atom stereocenters. The molecule has 0 aromatic heterocycles. The van der Waals surface area contributed by atoms with E-state index in [1.54, 1.807) is 6.08 Å². The fourth-order valence-electron chi connectivity index (χ4n) is 11.0. The highest BCUT2D eigenvalue weighted by Crippen LogP contribution is 2.23. The van der Waals surface area contributed by atoms with E-state index in [1.165, 1.54) is 231 Å². The van der Waals surface area contributed by atoms with Crippen molar-refractivity contribution in [2.24, 2.45) is 0 Å². The highest BCUT2D eigenvalue weighted by atomic mass is 16.7. The molecule has 0 aliphatic carbocycles. The quantitative estimate of drug-likeness (QED) is 0.0195. The van der Waals surface area contributed by atoms with Crippen LogP contribution in [-0.2, 0) is 23.8 Å². The third-order valence-corrected chi connectivity index (χ3v) is 16.8. The average Bonchev–Trinajstić information content (AvgIpc) is 2.89. The summed E-state index contributed by atoms with van der Waals surface area (Å²) in [7, 11) is 0. The molecule has 1 aliphatic heterocycles. The predicted molar refractivity (Wildman–Crippen MR) is 361 cm³/mol. The van der Waals surface area contributed by atoms with E-state index in [0.29, 0.717) is 19.4 Å². The molecule has 1 heterocycles. The fraction of sp³-hybridized carbons (Fsp3) is 0.813. The molecule has 0 spiro atoms. The Morgan fingerprint density at radius 3 is 1.26 bits per heavy atom. The van der Waals surface area contributed by atoms with Crippen LogP contribution in [0, 0.1) is 0 Å². The molecule has 1 saturated heterocycles. The number of esters is 1. The van der Waals surface area contributed by atoms with E-state index in [0.717, 1.165) is 70.6 Å². The zero-order valence-electron chi connectivity index (χ0n) is 55.5. The summed E-state index contributed by atoms with van der Waals surface area (Å²) >= 11 is 0. The minimum atomic E-state index is -1.58. The number of aliphatic hydroxyl groups excluding tert-OH is 5. The van der Waals surface area contributed by atoms with Crippen LogP contribution in [0.15, 0.2) is 72.9 Å². The van der Waals surface area contributed by atoms with Gasteiger partial charge in [0.2, 0.25) is 5.91 Å². The second-order valence-corrected chi connectivity index (χ2v) is 24.9. The summed E-state index contributed by atoms with van der Waals surface area (Å²) < 4.78 is 16.7. The molecular formula is C75H135NO10. The number of carbonyl (C=O) groups is 2. The lowest BCUT2D eigenvalue weighted by Gasteiger charge is -2.40. The van der Waals surface area contributed by atoms with Gasteiger partial charge in [-0.1, -0.05) is 286 Å². The Morgan fingerprint density at radius 2 is 0.802 bits per heavy atom. The van der Waals surface area contributed by atoms with E-state index in [4.69, 9.17) is 14.2 Å². The molecule has 6 N–H and O–H groups in total. The van der Waals surface area contributed by atoms with Gasteiger partial charge in [-0.2, -0.15) is 0 Å². The van der Waals surface area contributed by atoms with Crippen LogP contribution in [0.4, 0.5) is 0 Å². The van der Waals surface area contributed by atoms with Gasteiger partial charge in [0.05, 0.1) is 32.0 Å². The zero-order chi connectivity index (χ0) is 62.3. The van der Waals surface area contributed by atoms with Crippen molar-refractivity contribution in [2.75, 3.05) is 19.8 Å². The molecule has 0 aromatic carbocycles. The van der Waals surface area contributed by atoms with Gasteiger partial charge in [-0.25, -0.2) is 0 Å². The number of unbranched alkanes of at least 4 members (excludes halogenated alkanes) is 39. The first-order valence-corrected chi connectivity index (χ1v) is 36.2. The van der Waals surface area contributed by atoms with Crippen LogP contribution in [0.1, 0.15) is 328 Å². The highest BCUT2D eigenvalue weighted by molar-refractivity contribution is 5.76. The molecule has 7 unspecified atom stereocenters. The van der Waals surface area contributed by atoms with E-state index in [1.807, 2.05) is 6.08 Å². The maximum Gasteiger partial charge on any atom is 0.305 e. The number of hydrogen-bond donors (Lipinski definition) is 6. The van der Waals surface area contributed by atoms with Gasteiger partial charge < -0.3 is 45.1 Å². The van der Waals surface area contributed by atoms with Crippen LogP contribution in [0.3, 0.4) is 0 Å². The summed E-state index contributed by atoms with van der Waals surface area (Å²) in [5.41, 5.74) is 0. The van der Waals surface area contributed by atoms with E-state index in [9.17, 15) is 35.1 Å². The fourth-order valence-corrected chi connectivity index (χ4v) is 11.0. The summed E-state index contributed by atoms with van der Waals surface area (Å²) in [4.78, 5) is 25.1. The van der Waals surface area contributed by atoms with Crippen LogP contribution < -0.4 is 5.32 Å². The number of nitrogens with one attached hydrogen (secondary N) is 1. The van der Waals surface area contributed by atoms with Crippen molar-refractivity contribution in [3.63, 3.8) is 0 Å². The molecular weight excluding hydrogens is 1070 g/mol. The molecule has 1 fully saturated rings. The Bertz CT molecular complexity index is 1660. The second-order valence-electron chi connectivity index (χ2n) is 24.9. The molecule has 0 bridgehead atoms. The molecule has 1 amide bonds. The van der Waals surface area contributed by atoms with Gasteiger partial charge in [-0.05, 0) is 103 Å². The van der Waals surface area contributed by atoms with Gasteiger partial charge in [-0.3, -0.25) is 9.59 Å². The third kappa shape index (κ3) is 51.9. The normalized spacial score (nSPS) is 18.3. The van der Waals surface area contributed by atoms with Crippen LogP contribution in [-0.4, -0.2) is 100 Å². The summed E-state index contributed by atoms with van der Waals surface area (Å²) in [5.74, 6) is -0.199. The summed E-state index contributed by atoms with van der Waals surface area (Å²) in [5, 5.41) is 54.4. The van der Waals surface area contributed by atoms with Crippen molar-refractivity contribution in [1.29, 1.82) is 0 Å². The Labute approximate surface area is 528 Å². The van der Waals surface area contributed by atoms with Crippen molar-refractivity contribution in [2.45, 2.75) is 371 Å². The molecule has 500 valence electrons. The van der Waals surface area contributed by atoms with Gasteiger partial charge in [0.15, 0.2) is 6.29 Å². The SMILES string of the molecule is CCCC/C=C\C/C=C\CCCCCCCC(=O)OCCCCCCCCCCC/C=C\C/C=C\CCCCCCCCCCCCCCCCCCCC(=O)NC(COC1OC(CO)C(O)C(O)C1O)C(O)/C=C/CC/C=C/CCCCCCC. The molecule has 1 aliphatic rings. The Kier molecular flexibility index (Phi) is 60.0. The van der Waals surface area contributed by atoms with Crippen molar-refractivity contribution in [1.82, 2.24) is 5.32 Å². The van der Waals surface area contributed by atoms with E-state index in [-0.39, 0.29) is 18.5 Å². The first-order chi connectivity index (χ1) is 42.2. The van der Waals surface area contributed by atoms with Crippen molar-refractivity contribution in [3.05, 3.63) is 72.9 Å². The standard InChI is InChI=1S/C75H135NO10/c1-3-5-7-9-11-13-15-16-39-43-47-51-55-59-63-71(80)84-64-60-56-52-48-44-40-37-35-33-31-29-27-25-23-21-19-17-18-20-22-24-26-28-30-32-34-36-38-42-46-50-54-58-62-70(79)76-67(66-85-75-74(83)73(82)72(81)69(65-77)86-75)68(78)61-57-53-49-45-41-14-12-10-8-6-4-2/h9,11,15-16,21,23,27,29,41,45,57,61,67-69,72-75,77-78,81-83H,3-8,10,12-14,17-20,22,24-26,28,30-40,42-44,46-56,58-60,62-66H2,1-2H3,(H,76,79)/b11-9-,16-15-,23-21-,29-27-,45-41+,61-57+. The lowest BCUT2D eigenvalue weighted by atomic mass is 9.99. The monoisotopic (exact) mass is 1210 g/mol. The first-order valence-electron chi connectivity index (χ1n) is 36.2. The van der Waals surface area contributed by atoms with E-state index < -0.39 is 49.5 Å². The van der Waals surface area contributed by atoms with Crippen LogP contribution in [0.25, 0.3) is 0 Å². The average molecular weight is 1210 g/mol. The number of amides is 1. The van der Waals surface area contributed by atoms with Crippen LogP contribution >= 0.6 is 0 Å². The smallest absolute Gasteiger partial charge is 0.305 e. The van der Waals surface area contributed by atoms with Crippen molar-refractivity contribution >= 4 is 11.9 Å². The summed E-state index contributed by atoms with van der Waals surface area (Å²) in [6.07, 6.45) is 76.2. The molecule has 0 radical (unpaired) electrons. The Morgan fingerprint density at radius 1 is 0.430 bits per heavy atom. The van der Waals surface area contributed by atoms with Gasteiger partial charge >= 0.3 is 5.97 Å². The lowest BCUT2D eigenvalue weighted by Crippen LogP contribution is -2.60.